The topological polar surface area (TPSA) is 110 Å². The van der Waals surface area contributed by atoms with Crippen LogP contribution in [0.4, 0.5) is 0 Å². The number of hydrogen-bond donors (Lipinski definition) is 2. The third-order valence-corrected chi connectivity index (χ3v) is 1.22. The van der Waals surface area contributed by atoms with Crippen LogP contribution in [0.1, 0.15) is 12.6 Å². The highest BCUT2D eigenvalue weighted by Crippen LogP contribution is 1.85. The van der Waals surface area contributed by atoms with E-state index < -0.39 is 11.5 Å². The summed E-state index contributed by atoms with van der Waals surface area (Å²) in [5, 5.41) is 3.22. The quantitative estimate of drug-likeness (QED) is 0.271. The molecule has 0 unspecified atom stereocenters. The zero-order chi connectivity index (χ0) is 10.6. The SMILES string of the molecule is CC(=O)O/N=C(\N)c1ncc[nH]c1=O. The van der Waals surface area contributed by atoms with Crippen molar-refractivity contribution in [3.8, 4) is 0 Å². The second-order valence-corrected chi connectivity index (χ2v) is 2.33. The van der Waals surface area contributed by atoms with E-state index in [-0.39, 0.29) is 11.5 Å². The minimum absolute atomic E-state index is 0.0891. The lowest BCUT2D eigenvalue weighted by atomic mass is 10.4. The molecule has 0 saturated heterocycles. The number of nitrogens with two attached hydrogens (primary N) is 1. The van der Waals surface area contributed by atoms with Crippen LogP contribution in [0, 0.1) is 0 Å². The van der Waals surface area contributed by atoms with Crippen LogP contribution < -0.4 is 11.3 Å². The van der Waals surface area contributed by atoms with E-state index in [0.717, 1.165) is 0 Å². The van der Waals surface area contributed by atoms with Crippen LogP contribution in [-0.4, -0.2) is 21.8 Å². The van der Waals surface area contributed by atoms with Crippen molar-refractivity contribution in [2.75, 3.05) is 0 Å². The number of carbonyl (C=O) groups is 1. The Morgan fingerprint density at radius 2 is 2.43 bits per heavy atom. The van der Waals surface area contributed by atoms with Gasteiger partial charge in [0, 0.05) is 19.3 Å². The Balaban J connectivity index is 2.95. The molecule has 0 amide bonds. The molecule has 7 heteroatoms. The number of nitrogens with zero attached hydrogens (tertiary/aromatic N) is 2. The molecular weight excluding hydrogens is 188 g/mol. The first-order valence-electron chi connectivity index (χ1n) is 3.66. The van der Waals surface area contributed by atoms with Gasteiger partial charge in [0.25, 0.3) is 5.56 Å². The molecule has 1 rings (SSSR count). The molecule has 1 aromatic rings. The van der Waals surface area contributed by atoms with Crippen LogP contribution in [0.3, 0.4) is 0 Å². The molecule has 0 radical (unpaired) electrons. The van der Waals surface area contributed by atoms with Gasteiger partial charge in [-0.1, -0.05) is 5.16 Å². The third kappa shape index (κ3) is 2.41. The molecule has 0 aromatic carbocycles. The van der Waals surface area contributed by atoms with E-state index in [2.05, 4.69) is 20.0 Å². The maximum Gasteiger partial charge on any atom is 0.332 e. The molecule has 7 nitrogen and oxygen atoms in total. The Morgan fingerprint density at radius 1 is 1.71 bits per heavy atom. The average molecular weight is 196 g/mol. The van der Waals surface area contributed by atoms with Crippen molar-refractivity contribution in [1.29, 1.82) is 0 Å². The highest BCUT2D eigenvalue weighted by atomic mass is 16.7. The molecule has 3 N–H and O–H groups in total. The second kappa shape index (κ2) is 4.17. The third-order valence-electron chi connectivity index (χ3n) is 1.22. The summed E-state index contributed by atoms with van der Waals surface area (Å²) in [5.74, 6) is -0.873. The van der Waals surface area contributed by atoms with Crippen LogP contribution in [-0.2, 0) is 9.63 Å². The Hall–Kier alpha value is -2.18. The molecule has 0 aliphatic carbocycles. The van der Waals surface area contributed by atoms with Crippen LogP contribution in [0.2, 0.25) is 0 Å². The summed E-state index contributed by atoms with van der Waals surface area (Å²) >= 11 is 0. The van der Waals surface area contributed by atoms with Crippen molar-refractivity contribution in [3.05, 3.63) is 28.4 Å². The van der Waals surface area contributed by atoms with Crippen LogP contribution in [0.15, 0.2) is 22.3 Å². The van der Waals surface area contributed by atoms with Gasteiger partial charge in [0.2, 0.25) is 0 Å². The average Bonchev–Trinajstić information content (AvgIpc) is 2.15. The molecular formula is C7H8N4O3. The largest absolute Gasteiger partial charge is 0.379 e. The zero-order valence-electron chi connectivity index (χ0n) is 7.35. The molecule has 1 aromatic heterocycles. The number of nitrogens with one attached hydrogen (secondary N) is 1. The molecule has 14 heavy (non-hydrogen) atoms. The van der Waals surface area contributed by atoms with Crippen molar-refractivity contribution >= 4 is 11.8 Å². The Kier molecular flexibility index (Phi) is 2.95. The van der Waals surface area contributed by atoms with Crippen molar-refractivity contribution in [1.82, 2.24) is 9.97 Å². The maximum atomic E-state index is 11.1. The zero-order valence-corrected chi connectivity index (χ0v) is 7.35. The summed E-state index contributed by atoms with van der Waals surface area (Å²) in [6.45, 7) is 1.17. The molecule has 0 spiro atoms. The minimum atomic E-state index is -0.625. The molecule has 74 valence electrons. The number of hydrogen-bond acceptors (Lipinski definition) is 5. The van der Waals surface area contributed by atoms with Gasteiger partial charge in [-0.3, -0.25) is 4.79 Å². The Labute approximate surface area is 78.6 Å². The predicted octanol–water partition coefficient (Wildman–Crippen LogP) is -1.05. The van der Waals surface area contributed by atoms with Crippen LogP contribution >= 0.6 is 0 Å². The smallest absolute Gasteiger partial charge is 0.332 e. The van der Waals surface area contributed by atoms with Gasteiger partial charge in [0.15, 0.2) is 11.5 Å². The van der Waals surface area contributed by atoms with Gasteiger partial charge in [-0.2, -0.15) is 0 Å². The number of aromatic nitrogens is 2. The summed E-state index contributed by atoms with van der Waals surface area (Å²) < 4.78 is 0. The monoisotopic (exact) mass is 196 g/mol. The standard InChI is InChI=1S/C7H8N4O3/c1-4(12)14-11-6(8)5-7(13)10-3-2-9-5/h2-3H,1H3,(H2,8,11)(H,10,13). The molecule has 0 fully saturated rings. The molecule has 0 aliphatic rings. The lowest BCUT2D eigenvalue weighted by Crippen LogP contribution is -2.26. The highest BCUT2D eigenvalue weighted by molar-refractivity contribution is 5.95. The fourth-order valence-corrected chi connectivity index (χ4v) is 0.691. The normalized spacial score (nSPS) is 11.1. The predicted molar refractivity (Wildman–Crippen MR) is 47.3 cm³/mol. The van der Waals surface area contributed by atoms with Crippen molar-refractivity contribution in [2.24, 2.45) is 10.9 Å². The number of aromatic amines is 1. The van der Waals surface area contributed by atoms with Crippen LogP contribution in [0.5, 0.6) is 0 Å². The van der Waals surface area contributed by atoms with Gasteiger partial charge in [-0.05, 0) is 0 Å². The van der Waals surface area contributed by atoms with E-state index in [9.17, 15) is 9.59 Å². The molecule has 0 aliphatic heterocycles. The number of rotatable bonds is 2. The number of carbonyl (C=O) groups excluding carboxylic acids is 1. The molecule has 0 atom stereocenters. The first-order valence-corrected chi connectivity index (χ1v) is 3.66. The maximum absolute atomic E-state index is 11.1. The molecule has 1 heterocycles. The number of H-pyrrole nitrogens is 1. The van der Waals surface area contributed by atoms with Crippen molar-refractivity contribution < 1.29 is 9.63 Å². The lowest BCUT2D eigenvalue weighted by molar-refractivity contribution is -0.140. The van der Waals surface area contributed by atoms with Gasteiger partial charge in [-0.25, -0.2) is 9.78 Å². The number of amidine groups is 1. The Morgan fingerprint density at radius 3 is 3.00 bits per heavy atom. The summed E-state index contributed by atoms with van der Waals surface area (Å²) in [6.07, 6.45) is 2.69. The van der Waals surface area contributed by atoms with Gasteiger partial charge in [0.05, 0.1) is 0 Å². The number of oxime groups is 1. The first kappa shape index (κ1) is 9.90. The molecule has 0 saturated carbocycles. The minimum Gasteiger partial charge on any atom is -0.379 e. The summed E-state index contributed by atoms with van der Waals surface area (Å²) in [6, 6.07) is 0. The van der Waals surface area contributed by atoms with Crippen molar-refractivity contribution in [2.45, 2.75) is 6.92 Å². The van der Waals surface area contributed by atoms with E-state index in [1.54, 1.807) is 0 Å². The van der Waals surface area contributed by atoms with E-state index in [1.807, 2.05) is 0 Å². The van der Waals surface area contributed by atoms with E-state index in [0.29, 0.717) is 0 Å². The van der Waals surface area contributed by atoms with Crippen LogP contribution in [0.25, 0.3) is 0 Å². The molecule has 0 bridgehead atoms. The van der Waals surface area contributed by atoms with Gasteiger partial charge in [0.1, 0.15) is 0 Å². The Bertz CT molecular complexity index is 423. The fourth-order valence-electron chi connectivity index (χ4n) is 0.691. The fraction of sp³-hybridized carbons (Fsp3) is 0.143. The van der Waals surface area contributed by atoms with Crippen molar-refractivity contribution in [3.63, 3.8) is 0 Å². The second-order valence-electron chi connectivity index (χ2n) is 2.33. The van der Waals surface area contributed by atoms with Gasteiger partial charge < -0.3 is 15.6 Å². The highest BCUT2D eigenvalue weighted by Gasteiger charge is 2.05. The van der Waals surface area contributed by atoms with Gasteiger partial charge >= 0.3 is 5.97 Å². The van der Waals surface area contributed by atoms with E-state index >= 15 is 0 Å². The van der Waals surface area contributed by atoms with E-state index in [4.69, 9.17) is 5.73 Å². The lowest BCUT2D eigenvalue weighted by Gasteiger charge is -1.96. The summed E-state index contributed by atoms with van der Waals surface area (Å²) in [4.78, 5) is 31.7. The first-order chi connectivity index (χ1) is 6.61. The summed E-state index contributed by atoms with van der Waals surface area (Å²) in [7, 11) is 0. The van der Waals surface area contributed by atoms with Gasteiger partial charge in [-0.15, -0.1) is 0 Å². The summed E-state index contributed by atoms with van der Waals surface area (Å²) in [5.41, 5.74) is 4.75. The van der Waals surface area contributed by atoms with E-state index in [1.165, 1.54) is 19.3 Å².